The van der Waals surface area contributed by atoms with Gasteiger partial charge in [0.15, 0.2) is 11.5 Å². The van der Waals surface area contributed by atoms with Crippen LogP contribution in [0.3, 0.4) is 0 Å². The Morgan fingerprint density at radius 1 is 1.35 bits per heavy atom. The molecule has 0 aliphatic carbocycles. The van der Waals surface area contributed by atoms with Crippen molar-refractivity contribution in [3.8, 4) is 11.5 Å². The fourth-order valence-corrected chi connectivity index (χ4v) is 2.92. The molecule has 1 amide bonds. The lowest BCUT2D eigenvalue weighted by molar-refractivity contribution is -0.132. The van der Waals surface area contributed by atoms with Gasteiger partial charge >= 0.3 is 0 Å². The lowest BCUT2D eigenvalue weighted by Gasteiger charge is -2.21. The predicted molar refractivity (Wildman–Crippen MR) is 87.8 cm³/mol. The average molecular weight is 322 g/mol. The zero-order valence-electron chi connectivity index (χ0n) is 14.2. The number of rotatable bonds is 6. The minimum atomic E-state index is -0.411. The van der Waals surface area contributed by atoms with Crippen molar-refractivity contribution < 1.29 is 19.0 Å². The van der Waals surface area contributed by atoms with Gasteiger partial charge in [-0.05, 0) is 49.9 Å². The van der Waals surface area contributed by atoms with Crippen LogP contribution in [0.1, 0.15) is 36.9 Å². The number of carbonyl (C=O) groups excluding carboxylic acids is 1. The molecule has 1 aromatic rings. The molecule has 1 fully saturated rings. The molecule has 0 bridgehead atoms. The molecule has 3 N–H and O–H groups in total. The summed E-state index contributed by atoms with van der Waals surface area (Å²) in [4.78, 5) is 12.3. The first-order valence-corrected chi connectivity index (χ1v) is 7.88. The maximum Gasteiger partial charge on any atom is 0.249 e. The highest BCUT2D eigenvalue weighted by molar-refractivity contribution is 5.81. The van der Waals surface area contributed by atoms with Crippen LogP contribution in [0.25, 0.3) is 0 Å². The molecule has 1 saturated heterocycles. The summed E-state index contributed by atoms with van der Waals surface area (Å²) in [5, 5.41) is 3.01. The van der Waals surface area contributed by atoms with Crippen LogP contribution < -0.4 is 20.5 Å². The van der Waals surface area contributed by atoms with Gasteiger partial charge in [0.2, 0.25) is 5.91 Å². The Labute approximate surface area is 137 Å². The van der Waals surface area contributed by atoms with Crippen LogP contribution in [-0.4, -0.2) is 38.9 Å². The molecule has 0 saturated carbocycles. The van der Waals surface area contributed by atoms with E-state index >= 15 is 0 Å². The second kappa shape index (κ2) is 7.66. The Hall–Kier alpha value is -1.79. The molecule has 1 aliphatic rings. The smallest absolute Gasteiger partial charge is 0.249 e. The Morgan fingerprint density at radius 3 is 2.57 bits per heavy atom. The van der Waals surface area contributed by atoms with Crippen molar-refractivity contribution in [3.05, 3.63) is 23.3 Å². The van der Waals surface area contributed by atoms with E-state index < -0.39 is 6.10 Å². The van der Waals surface area contributed by atoms with E-state index in [1.54, 1.807) is 14.2 Å². The highest BCUT2D eigenvalue weighted by Crippen LogP contribution is 2.33. The molecule has 3 atom stereocenters. The van der Waals surface area contributed by atoms with Gasteiger partial charge in [0.05, 0.1) is 26.4 Å². The van der Waals surface area contributed by atoms with E-state index in [1.807, 2.05) is 26.0 Å². The maximum absolute atomic E-state index is 12.3. The van der Waals surface area contributed by atoms with Crippen LogP contribution >= 0.6 is 0 Å². The molecule has 0 radical (unpaired) electrons. The van der Waals surface area contributed by atoms with Gasteiger partial charge in [-0.1, -0.05) is 0 Å². The summed E-state index contributed by atoms with van der Waals surface area (Å²) in [6, 6.07) is 3.66. The monoisotopic (exact) mass is 322 g/mol. The molecule has 23 heavy (non-hydrogen) atoms. The van der Waals surface area contributed by atoms with Gasteiger partial charge in [0.1, 0.15) is 6.10 Å². The van der Waals surface area contributed by atoms with Gasteiger partial charge in [-0.2, -0.15) is 0 Å². The molecule has 1 heterocycles. The van der Waals surface area contributed by atoms with Gasteiger partial charge in [0.25, 0.3) is 0 Å². The number of nitrogens with two attached hydrogens (primary N) is 1. The van der Waals surface area contributed by atoms with Gasteiger partial charge in [0, 0.05) is 6.54 Å². The van der Waals surface area contributed by atoms with Crippen molar-refractivity contribution in [1.82, 2.24) is 5.32 Å². The van der Waals surface area contributed by atoms with Crippen LogP contribution in [0, 0.1) is 6.92 Å². The summed E-state index contributed by atoms with van der Waals surface area (Å²) in [7, 11) is 3.20. The molecule has 1 aliphatic heterocycles. The normalized spacial score (nSPS) is 21.8. The summed E-state index contributed by atoms with van der Waals surface area (Å²) in [6.45, 7) is 4.38. The van der Waals surface area contributed by atoms with E-state index in [-0.39, 0.29) is 18.1 Å². The quantitative estimate of drug-likeness (QED) is 0.833. The summed E-state index contributed by atoms with van der Waals surface area (Å²) in [5.74, 6) is 1.23. The first-order valence-electron chi connectivity index (χ1n) is 7.88. The number of ether oxygens (including phenoxy) is 3. The van der Waals surface area contributed by atoms with Crippen molar-refractivity contribution in [2.45, 2.75) is 44.9 Å². The fourth-order valence-electron chi connectivity index (χ4n) is 2.92. The second-order valence-corrected chi connectivity index (χ2v) is 5.85. The number of methoxy groups -OCH3 is 2. The summed E-state index contributed by atoms with van der Waals surface area (Å²) < 4.78 is 16.3. The predicted octanol–water partition coefficient (Wildman–Crippen LogP) is 1.70. The lowest BCUT2D eigenvalue weighted by Crippen LogP contribution is -2.37. The Bertz CT molecular complexity index is 562. The zero-order chi connectivity index (χ0) is 17.0. The third kappa shape index (κ3) is 3.95. The molecule has 6 nitrogen and oxygen atoms in total. The maximum atomic E-state index is 12.3. The summed E-state index contributed by atoms with van der Waals surface area (Å²) >= 11 is 0. The second-order valence-electron chi connectivity index (χ2n) is 5.85. The van der Waals surface area contributed by atoms with Crippen molar-refractivity contribution in [2.24, 2.45) is 5.73 Å². The fraction of sp³-hybridized carbons (Fsp3) is 0.588. The van der Waals surface area contributed by atoms with Crippen LogP contribution in [0.15, 0.2) is 12.1 Å². The van der Waals surface area contributed by atoms with E-state index in [1.165, 1.54) is 0 Å². The molecule has 0 aromatic heterocycles. The minimum Gasteiger partial charge on any atom is -0.493 e. The molecule has 1 unspecified atom stereocenters. The molecule has 2 rings (SSSR count). The summed E-state index contributed by atoms with van der Waals surface area (Å²) in [6.07, 6.45) is 1.12. The number of amides is 1. The SMILES string of the molecule is COc1cc(C)c(C(C)NC(=O)[C@@H]2CC[C@H](CN)O2)cc1OC. The minimum absolute atomic E-state index is 0.0103. The van der Waals surface area contributed by atoms with E-state index in [4.69, 9.17) is 19.9 Å². The molecular formula is C17H26N2O4. The van der Waals surface area contributed by atoms with Gasteiger partial charge in [-0.15, -0.1) is 0 Å². The summed E-state index contributed by atoms with van der Waals surface area (Å²) in [5.41, 5.74) is 7.61. The standard InChI is InChI=1S/C17H26N2O4/c1-10-7-15(21-3)16(22-4)8-13(10)11(2)19-17(20)14-6-5-12(9-18)23-14/h7-8,11-12,14H,5-6,9,18H2,1-4H3,(H,19,20)/t11?,12-,14+/m1/s1. The first kappa shape index (κ1) is 17.6. The number of hydrogen-bond acceptors (Lipinski definition) is 5. The molecule has 1 aromatic carbocycles. The largest absolute Gasteiger partial charge is 0.493 e. The zero-order valence-corrected chi connectivity index (χ0v) is 14.2. The van der Waals surface area contributed by atoms with Crippen molar-refractivity contribution >= 4 is 5.91 Å². The van der Waals surface area contributed by atoms with Gasteiger partial charge < -0.3 is 25.3 Å². The molecular weight excluding hydrogens is 296 g/mol. The van der Waals surface area contributed by atoms with E-state index in [0.717, 1.165) is 17.5 Å². The van der Waals surface area contributed by atoms with Crippen LogP contribution in [0.5, 0.6) is 11.5 Å². The molecule has 128 valence electrons. The number of nitrogens with one attached hydrogen (secondary N) is 1. The third-order valence-electron chi connectivity index (χ3n) is 4.26. The topological polar surface area (TPSA) is 82.8 Å². The molecule has 0 spiro atoms. The van der Waals surface area contributed by atoms with Crippen LogP contribution in [-0.2, 0) is 9.53 Å². The Balaban J connectivity index is 2.08. The Morgan fingerprint density at radius 2 is 2.00 bits per heavy atom. The van der Waals surface area contributed by atoms with Crippen LogP contribution in [0.2, 0.25) is 0 Å². The number of benzene rings is 1. The number of aryl methyl sites for hydroxylation is 1. The number of hydrogen-bond donors (Lipinski definition) is 2. The van der Waals surface area contributed by atoms with E-state index in [9.17, 15) is 4.79 Å². The highest BCUT2D eigenvalue weighted by atomic mass is 16.5. The van der Waals surface area contributed by atoms with E-state index in [2.05, 4.69) is 5.32 Å². The third-order valence-corrected chi connectivity index (χ3v) is 4.26. The van der Waals surface area contributed by atoms with Gasteiger partial charge in [-0.25, -0.2) is 0 Å². The highest BCUT2D eigenvalue weighted by Gasteiger charge is 2.30. The van der Waals surface area contributed by atoms with Crippen LogP contribution in [0.4, 0.5) is 0 Å². The first-order chi connectivity index (χ1) is 11.0. The Kier molecular flexibility index (Phi) is 5.85. The van der Waals surface area contributed by atoms with Gasteiger partial charge in [-0.3, -0.25) is 4.79 Å². The average Bonchev–Trinajstić information content (AvgIpc) is 3.03. The van der Waals surface area contributed by atoms with Crippen molar-refractivity contribution in [3.63, 3.8) is 0 Å². The molecule has 6 heteroatoms. The van der Waals surface area contributed by atoms with E-state index in [0.29, 0.717) is 24.5 Å². The van der Waals surface area contributed by atoms with Crippen molar-refractivity contribution in [2.75, 3.05) is 20.8 Å². The van der Waals surface area contributed by atoms with Crippen molar-refractivity contribution in [1.29, 1.82) is 0 Å². The lowest BCUT2D eigenvalue weighted by atomic mass is 10.0. The number of carbonyl (C=O) groups is 1.